The first-order valence-electron chi connectivity index (χ1n) is 5.52. The van der Waals surface area contributed by atoms with Crippen LogP contribution >= 0.6 is 11.3 Å². The van der Waals surface area contributed by atoms with E-state index in [2.05, 4.69) is 10.3 Å². The fourth-order valence-corrected chi connectivity index (χ4v) is 1.83. The second-order valence-electron chi connectivity index (χ2n) is 3.41. The van der Waals surface area contributed by atoms with Crippen molar-refractivity contribution < 1.29 is 9.53 Å². The standard InChI is InChI=1S/C11H18N2O2S/c1-3-15-7-5-4-6-12-11(14)10-8-16-9(2)13-10/h8H,3-7H2,1-2H3,(H,12,14). The molecule has 1 rings (SSSR count). The minimum absolute atomic E-state index is 0.0826. The number of hydrogen-bond acceptors (Lipinski definition) is 4. The Kier molecular flexibility index (Phi) is 6.03. The first-order chi connectivity index (χ1) is 7.74. The van der Waals surface area contributed by atoms with Crippen LogP contribution in [-0.2, 0) is 4.74 Å². The van der Waals surface area contributed by atoms with Crippen molar-refractivity contribution in [3.05, 3.63) is 16.1 Å². The molecule has 1 aromatic heterocycles. The average Bonchev–Trinajstić information content (AvgIpc) is 2.70. The van der Waals surface area contributed by atoms with Crippen LogP contribution in [0.3, 0.4) is 0 Å². The van der Waals surface area contributed by atoms with Gasteiger partial charge in [0, 0.05) is 25.1 Å². The molecular weight excluding hydrogens is 224 g/mol. The summed E-state index contributed by atoms with van der Waals surface area (Å²) in [7, 11) is 0. The lowest BCUT2D eigenvalue weighted by Gasteiger charge is -2.03. The number of ether oxygens (including phenoxy) is 1. The quantitative estimate of drug-likeness (QED) is 0.744. The van der Waals surface area contributed by atoms with Gasteiger partial charge in [0.05, 0.1) is 5.01 Å². The lowest BCUT2D eigenvalue weighted by molar-refractivity contribution is 0.0945. The summed E-state index contributed by atoms with van der Waals surface area (Å²) in [5, 5.41) is 5.54. The first-order valence-corrected chi connectivity index (χ1v) is 6.40. The number of carbonyl (C=O) groups is 1. The van der Waals surface area contributed by atoms with Gasteiger partial charge in [0.15, 0.2) is 0 Å². The topological polar surface area (TPSA) is 51.2 Å². The Morgan fingerprint density at radius 1 is 1.56 bits per heavy atom. The smallest absolute Gasteiger partial charge is 0.270 e. The Labute approximate surface area is 100 Å². The highest BCUT2D eigenvalue weighted by Crippen LogP contribution is 2.07. The molecule has 1 N–H and O–H groups in total. The Morgan fingerprint density at radius 2 is 2.38 bits per heavy atom. The maximum Gasteiger partial charge on any atom is 0.270 e. The van der Waals surface area contributed by atoms with Gasteiger partial charge in [-0.1, -0.05) is 0 Å². The maximum atomic E-state index is 11.5. The normalized spacial score (nSPS) is 10.4. The summed E-state index contributed by atoms with van der Waals surface area (Å²) in [6, 6.07) is 0. The molecule has 0 aliphatic carbocycles. The van der Waals surface area contributed by atoms with Gasteiger partial charge in [-0.3, -0.25) is 4.79 Å². The van der Waals surface area contributed by atoms with Gasteiger partial charge in [0.25, 0.3) is 5.91 Å². The average molecular weight is 242 g/mol. The second-order valence-corrected chi connectivity index (χ2v) is 4.47. The SMILES string of the molecule is CCOCCCCNC(=O)c1csc(C)n1. The molecule has 0 spiro atoms. The summed E-state index contributed by atoms with van der Waals surface area (Å²) in [5.41, 5.74) is 0.521. The molecule has 0 aliphatic rings. The number of aromatic nitrogens is 1. The van der Waals surface area contributed by atoms with Crippen molar-refractivity contribution in [2.24, 2.45) is 0 Å². The molecule has 1 amide bonds. The Hall–Kier alpha value is -0.940. The highest BCUT2D eigenvalue weighted by molar-refractivity contribution is 7.09. The molecule has 0 aromatic carbocycles. The molecule has 0 radical (unpaired) electrons. The molecule has 4 nitrogen and oxygen atoms in total. The molecule has 0 atom stereocenters. The van der Waals surface area contributed by atoms with E-state index in [1.54, 1.807) is 5.38 Å². The molecule has 0 fully saturated rings. The Bertz CT molecular complexity index is 326. The summed E-state index contributed by atoms with van der Waals surface area (Å²) < 4.78 is 5.21. The third-order valence-electron chi connectivity index (χ3n) is 2.06. The van der Waals surface area contributed by atoms with E-state index < -0.39 is 0 Å². The molecular formula is C11H18N2O2S. The summed E-state index contributed by atoms with van der Waals surface area (Å²) in [6.45, 7) is 6.07. The van der Waals surface area contributed by atoms with Crippen molar-refractivity contribution in [3.8, 4) is 0 Å². The third kappa shape index (κ3) is 4.72. The zero-order valence-corrected chi connectivity index (χ0v) is 10.6. The van der Waals surface area contributed by atoms with Crippen molar-refractivity contribution in [3.63, 3.8) is 0 Å². The van der Waals surface area contributed by atoms with Gasteiger partial charge in [-0.2, -0.15) is 0 Å². The van der Waals surface area contributed by atoms with Crippen molar-refractivity contribution in [2.45, 2.75) is 26.7 Å². The van der Waals surface area contributed by atoms with E-state index in [4.69, 9.17) is 4.74 Å². The van der Waals surface area contributed by atoms with Crippen LogP contribution in [-0.4, -0.2) is 30.6 Å². The minimum atomic E-state index is -0.0826. The van der Waals surface area contributed by atoms with E-state index in [1.165, 1.54) is 11.3 Å². The van der Waals surface area contributed by atoms with E-state index in [0.29, 0.717) is 12.2 Å². The minimum Gasteiger partial charge on any atom is -0.382 e. The van der Waals surface area contributed by atoms with Crippen LogP contribution in [0.1, 0.15) is 35.3 Å². The van der Waals surface area contributed by atoms with Gasteiger partial charge in [-0.15, -0.1) is 11.3 Å². The van der Waals surface area contributed by atoms with Crippen LogP contribution in [0.5, 0.6) is 0 Å². The monoisotopic (exact) mass is 242 g/mol. The summed E-state index contributed by atoms with van der Waals surface area (Å²) >= 11 is 1.49. The van der Waals surface area contributed by atoms with E-state index in [0.717, 1.165) is 31.1 Å². The van der Waals surface area contributed by atoms with E-state index in [9.17, 15) is 4.79 Å². The number of unbranched alkanes of at least 4 members (excludes halogenated alkanes) is 1. The van der Waals surface area contributed by atoms with E-state index in [-0.39, 0.29) is 5.91 Å². The molecule has 0 saturated heterocycles. The number of carbonyl (C=O) groups excluding carboxylic acids is 1. The van der Waals surface area contributed by atoms with Gasteiger partial charge in [0.2, 0.25) is 0 Å². The number of rotatable bonds is 7. The molecule has 0 saturated carbocycles. The predicted molar refractivity (Wildman–Crippen MR) is 64.9 cm³/mol. The van der Waals surface area contributed by atoms with E-state index >= 15 is 0 Å². The lowest BCUT2D eigenvalue weighted by atomic mass is 10.3. The highest BCUT2D eigenvalue weighted by Gasteiger charge is 2.07. The van der Waals surface area contributed by atoms with Crippen LogP contribution in [0.25, 0.3) is 0 Å². The lowest BCUT2D eigenvalue weighted by Crippen LogP contribution is -2.24. The van der Waals surface area contributed by atoms with Crippen LogP contribution in [0.15, 0.2) is 5.38 Å². The van der Waals surface area contributed by atoms with Crippen molar-refractivity contribution in [1.29, 1.82) is 0 Å². The van der Waals surface area contributed by atoms with Crippen LogP contribution in [0.4, 0.5) is 0 Å². The van der Waals surface area contributed by atoms with Gasteiger partial charge in [-0.05, 0) is 26.7 Å². The van der Waals surface area contributed by atoms with Gasteiger partial charge >= 0.3 is 0 Å². The maximum absolute atomic E-state index is 11.5. The molecule has 0 unspecified atom stereocenters. The highest BCUT2D eigenvalue weighted by atomic mass is 32.1. The fraction of sp³-hybridized carbons (Fsp3) is 0.636. The van der Waals surface area contributed by atoms with Crippen LogP contribution < -0.4 is 5.32 Å². The molecule has 1 aromatic rings. The molecule has 90 valence electrons. The molecule has 0 aliphatic heterocycles. The largest absolute Gasteiger partial charge is 0.382 e. The molecule has 1 heterocycles. The summed E-state index contributed by atoms with van der Waals surface area (Å²) in [4.78, 5) is 15.7. The van der Waals surface area contributed by atoms with E-state index in [1.807, 2.05) is 13.8 Å². The number of nitrogens with one attached hydrogen (secondary N) is 1. The Morgan fingerprint density at radius 3 is 3.00 bits per heavy atom. The van der Waals surface area contributed by atoms with Gasteiger partial charge in [-0.25, -0.2) is 4.98 Å². The predicted octanol–water partition coefficient (Wildman–Crippen LogP) is 2.00. The van der Waals surface area contributed by atoms with Crippen LogP contribution in [0, 0.1) is 6.92 Å². The van der Waals surface area contributed by atoms with Crippen LogP contribution in [0.2, 0.25) is 0 Å². The molecule has 0 bridgehead atoms. The second kappa shape index (κ2) is 7.35. The Balaban J connectivity index is 2.11. The molecule has 5 heteroatoms. The van der Waals surface area contributed by atoms with Gasteiger partial charge < -0.3 is 10.1 Å². The third-order valence-corrected chi connectivity index (χ3v) is 2.83. The van der Waals surface area contributed by atoms with Gasteiger partial charge in [0.1, 0.15) is 5.69 Å². The summed E-state index contributed by atoms with van der Waals surface area (Å²) in [5.74, 6) is -0.0826. The number of aryl methyl sites for hydroxylation is 1. The molecule has 16 heavy (non-hydrogen) atoms. The zero-order valence-electron chi connectivity index (χ0n) is 9.78. The zero-order chi connectivity index (χ0) is 11.8. The fourth-order valence-electron chi connectivity index (χ4n) is 1.23. The number of thiazole rings is 1. The van der Waals surface area contributed by atoms with Crippen molar-refractivity contribution >= 4 is 17.2 Å². The number of nitrogens with zero attached hydrogens (tertiary/aromatic N) is 1. The summed E-state index contributed by atoms with van der Waals surface area (Å²) in [6.07, 6.45) is 1.92. The first kappa shape index (κ1) is 13.1. The van der Waals surface area contributed by atoms with Crippen molar-refractivity contribution in [2.75, 3.05) is 19.8 Å². The number of hydrogen-bond donors (Lipinski definition) is 1. The number of amides is 1. The van der Waals surface area contributed by atoms with Crippen molar-refractivity contribution in [1.82, 2.24) is 10.3 Å².